The predicted octanol–water partition coefficient (Wildman–Crippen LogP) is 2.94. The number of hydrogen-bond donors (Lipinski definition) is 3. The maximum Gasteiger partial charge on any atom is 0.244 e. The van der Waals surface area contributed by atoms with Crippen LogP contribution in [0.2, 0.25) is 0 Å². The van der Waals surface area contributed by atoms with Crippen molar-refractivity contribution in [3.8, 4) is 0 Å². The third-order valence-electron chi connectivity index (χ3n) is 6.35. The first-order valence-corrected chi connectivity index (χ1v) is 9.92. The minimum atomic E-state index is -0.137. The molecule has 0 heterocycles. The molecule has 5 heteroatoms. The van der Waals surface area contributed by atoms with Crippen molar-refractivity contribution in [1.82, 2.24) is 16.2 Å². The Kier molecular flexibility index (Phi) is 4.67. The van der Waals surface area contributed by atoms with Crippen LogP contribution >= 0.6 is 12.2 Å². The van der Waals surface area contributed by atoms with Crippen LogP contribution in [0.15, 0.2) is 30.3 Å². The molecule has 0 spiro atoms. The molecule has 1 amide bonds. The first-order valence-electron chi connectivity index (χ1n) is 9.51. The summed E-state index contributed by atoms with van der Waals surface area (Å²) < 4.78 is 0. The summed E-state index contributed by atoms with van der Waals surface area (Å²) in [5, 5.41) is 3.66. The van der Waals surface area contributed by atoms with Crippen LogP contribution in [0, 0.1) is 23.2 Å². The number of thiocarbonyl (C=S) groups is 1. The van der Waals surface area contributed by atoms with Crippen molar-refractivity contribution in [2.75, 3.05) is 6.54 Å². The van der Waals surface area contributed by atoms with Crippen LogP contribution in [0.4, 0.5) is 0 Å². The monoisotopic (exact) mass is 357 g/mol. The lowest BCUT2D eigenvalue weighted by Gasteiger charge is -2.55. The van der Waals surface area contributed by atoms with Crippen molar-refractivity contribution in [3.05, 3.63) is 35.9 Å². The van der Waals surface area contributed by atoms with Crippen molar-refractivity contribution in [2.24, 2.45) is 23.2 Å². The summed E-state index contributed by atoms with van der Waals surface area (Å²) in [4.78, 5) is 12.8. The largest absolute Gasteiger partial charge is 0.361 e. The molecule has 0 radical (unpaired) electrons. The first-order chi connectivity index (χ1) is 12.1. The summed E-state index contributed by atoms with van der Waals surface area (Å²) >= 11 is 5.29. The molecule has 1 aromatic rings. The summed E-state index contributed by atoms with van der Waals surface area (Å²) in [6, 6.07) is 10.3. The van der Waals surface area contributed by atoms with E-state index in [0.717, 1.165) is 50.0 Å². The SMILES string of the molecule is O=C(NNC(=S)NCCc1ccccc1)C12CC3CC(CC(C3)C1)C2. The molecule has 25 heavy (non-hydrogen) atoms. The van der Waals surface area contributed by atoms with E-state index in [-0.39, 0.29) is 11.3 Å². The van der Waals surface area contributed by atoms with Crippen LogP contribution in [0.3, 0.4) is 0 Å². The Morgan fingerprint density at radius 3 is 2.20 bits per heavy atom. The number of amides is 1. The predicted molar refractivity (Wildman–Crippen MR) is 103 cm³/mol. The summed E-state index contributed by atoms with van der Waals surface area (Å²) in [6.07, 6.45) is 8.16. The number of benzene rings is 1. The van der Waals surface area contributed by atoms with Crippen LogP contribution in [-0.4, -0.2) is 17.6 Å². The second-order valence-electron chi connectivity index (χ2n) is 8.27. The van der Waals surface area contributed by atoms with Crippen molar-refractivity contribution in [3.63, 3.8) is 0 Å². The third-order valence-corrected chi connectivity index (χ3v) is 6.60. The molecule has 4 nitrogen and oxygen atoms in total. The smallest absolute Gasteiger partial charge is 0.244 e. The molecule has 0 unspecified atom stereocenters. The fraction of sp³-hybridized carbons (Fsp3) is 0.600. The third kappa shape index (κ3) is 3.66. The minimum Gasteiger partial charge on any atom is -0.361 e. The second kappa shape index (κ2) is 6.94. The van der Waals surface area contributed by atoms with E-state index in [9.17, 15) is 4.79 Å². The average Bonchev–Trinajstić information content (AvgIpc) is 2.59. The molecule has 4 aliphatic carbocycles. The molecule has 0 atom stereocenters. The van der Waals surface area contributed by atoms with Crippen LogP contribution in [0.5, 0.6) is 0 Å². The summed E-state index contributed by atoms with van der Waals surface area (Å²) in [6.45, 7) is 0.753. The molecular formula is C20H27N3OS. The van der Waals surface area contributed by atoms with Gasteiger partial charge in [0, 0.05) is 6.54 Å². The lowest BCUT2D eigenvalue weighted by Crippen LogP contribution is -2.57. The number of nitrogens with one attached hydrogen (secondary N) is 3. The van der Waals surface area contributed by atoms with Crippen molar-refractivity contribution in [1.29, 1.82) is 0 Å². The fourth-order valence-electron chi connectivity index (χ4n) is 5.64. The van der Waals surface area contributed by atoms with Gasteiger partial charge in [-0.2, -0.15) is 0 Å². The normalized spacial score (nSPS) is 32.2. The van der Waals surface area contributed by atoms with Gasteiger partial charge < -0.3 is 5.32 Å². The molecule has 1 aromatic carbocycles. The topological polar surface area (TPSA) is 53.2 Å². The molecule has 134 valence electrons. The number of rotatable bonds is 4. The highest BCUT2D eigenvalue weighted by atomic mass is 32.1. The average molecular weight is 358 g/mol. The quantitative estimate of drug-likeness (QED) is 0.573. The van der Waals surface area contributed by atoms with Gasteiger partial charge in [-0.3, -0.25) is 15.6 Å². The molecule has 4 bridgehead atoms. The molecule has 0 saturated heterocycles. The number of carbonyl (C=O) groups excluding carboxylic acids is 1. The zero-order valence-corrected chi connectivity index (χ0v) is 15.4. The number of carbonyl (C=O) groups is 1. The first kappa shape index (κ1) is 16.8. The van der Waals surface area contributed by atoms with Gasteiger partial charge in [0.15, 0.2) is 5.11 Å². The van der Waals surface area contributed by atoms with Crippen molar-refractivity contribution >= 4 is 23.2 Å². The zero-order valence-electron chi connectivity index (χ0n) is 14.6. The molecule has 4 saturated carbocycles. The Bertz CT molecular complexity index is 610. The van der Waals surface area contributed by atoms with Crippen LogP contribution < -0.4 is 16.2 Å². The zero-order chi connectivity index (χ0) is 17.3. The molecule has 0 aromatic heterocycles. The van der Waals surface area contributed by atoms with E-state index in [1.54, 1.807) is 0 Å². The Hall–Kier alpha value is -1.62. The lowest BCUT2D eigenvalue weighted by atomic mass is 9.49. The highest BCUT2D eigenvalue weighted by molar-refractivity contribution is 7.80. The second-order valence-corrected chi connectivity index (χ2v) is 8.68. The fourth-order valence-corrected chi connectivity index (χ4v) is 5.80. The number of hydrogen-bond acceptors (Lipinski definition) is 2. The summed E-state index contributed by atoms with van der Waals surface area (Å²) in [5.41, 5.74) is 6.95. The van der Waals surface area contributed by atoms with Gasteiger partial charge in [-0.25, -0.2) is 0 Å². The molecule has 4 aliphatic rings. The Morgan fingerprint density at radius 2 is 1.60 bits per heavy atom. The van der Waals surface area contributed by atoms with E-state index < -0.39 is 0 Å². The molecular weight excluding hydrogens is 330 g/mol. The van der Waals surface area contributed by atoms with Gasteiger partial charge in [-0.15, -0.1) is 0 Å². The number of hydrazine groups is 1. The Morgan fingerprint density at radius 1 is 1.00 bits per heavy atom. The van der Waals surface area contributed by atoms with Crippen molar-refractivity contribution in [2.45, 2.75) is 44.9 Å². The van der Waals surface area contributed by atoms with Gasteiger partial charge in [-0.1, -0.05) is 30.3 Å². The maximum atomic E-state index is 12.8. The van der Waals surface area contributed by atoms with Crippen LogP contribution in [0.25, 0.3) is 0 Å². The Labute approximate surface area is 155 Å². The van der Waals surface area contributed by atoms with E-state index in [2.05, 4.69) is 28.3 Å². The van der Waals surface area contributed by atoms with Crippen LogP contribution in [-0.2, 0) is 11.2 Å². The van der Waals surface area contributed by atoms with Gasteiger partial charge in [-0.05, 0) is 80.5 Å². The van der Waals surface area contributed by atoms with Gasteiger partial charge in [0.05, 0.1) is 5.41 Å². The molecule has 0 aliphatic heterocycles. The molecule has 3 N–H and O–H groups in total. The van der Waals surface area contributed by atoms with Gasteiger partial charge >= 0.3 is 0 Å². The van der Waals surface area contributed by atoms with Crippen molar-refractivity contribution < 1.29 is 4.79 Å². The standard InChI is InChI=1S/C20H27N3OS/c24-18(20-11-15-8-16(12-20)10-17(9-15)13-20)22-23-19(25)21-7-6-14-4-2-1-3-5-14/h1-5,15-17H,6-13H2,(H,22,24)(H2,21,23,25). The maximum absolute atomic E-state index is 12.8. The van der Waals surface area contributed by atoms with E-state index in [1.165, 1.54) is 24.8 Å². The Balaban J connectivity index is 1.23. The summed E-state index contributed by atoms with van der Waals surface area (Å²) in [7, 11) is 0. The highest BCUT2D eigenvalue weighted by Crippen LogP contribution is 2.59. The molecule has 5 rings (SSSR count). The van der Waals surface area contributed by atoms with Gasteiger partial charge in [0.25, 0.3) is 0 Å². The van der Waals surface area contributed by atoms with Crippen LogP contribution in [0.1, 0.15) is 44.1 Å². The van der Waals surface area contributed by atoms with Gasteiger partial charge in [0.1, 0.15) is 0 Å². The minimum absolute atomic E-state index is 0.137. The van der Waals surface area contributed by atoms with E-state index in [4.69, 9.17) is 12.2 Å². The summed E-state index contributed by atoms with van der Waals surface area (Å²) in [5.74, 6) is 2.47. The van der Waals surface area contributed by atoms with E-state index in [1.807, 2.05) is 18.2 Å². The van der Waals surface area contributed by atoms with E-state index >= 15 is 0 Å². The van der Waals surface area contributed by atoms with E-state index in [0.29, 0.717) is 5.11 Å². The highest BCUT2D eigenvalue weighted by Gasteiger charge is 2.54. The molecule has 4 fully saturated rings. The van der Waals surface area contributed by atoms with Gasteiger partial charge in [0.2, 0.25) is 5.91 Å². The lowest BCUT2D eigenvalue weighted by molar-refractivity contribution is -0.146.